The monoisotopic (exact) mass is 373 g/mol. The van der Waals surface area contributed by atoms with Crippen molar-refractivity contribution in [2.24, 2.45) is 0 Å². The molecule has 0 heterocycles. The zero-order chi connectivity index (χ0) is 19.9. The van der Waals surface area contributed by atoms with Crippen molar-refractivity contribution in [2.45, 2.75) is 20.1 Å². The van der Waals surface area contributed by atoms with Gasteiger partial charge in [-0.15, -0.1) is 0 Å². The fourth-order valence-corrected chi connectivity index (χ4v) is 2.89. The van der Waals surface area contributed by atoms with Crippen molar-refractivity contribution < 1.29 is 14.3 Å². The highest BCUT2D eigenvalue weighted by molar-refractivity contribution is 6.05. The Balaban J connectivity index is 1.71. The lowest BCUT2D eigenvalue weighted by Gasteiger charge is -2.19. The first-order chi connectivity index (χ1) is 13.5. The van der Waals surface area contributed by atoms with E-state index < -0.39 is 5.97 Å². The van der Waals surface area contributed by atoms with Gasteiger partial charge in [-0.05, 0) is 30.2 Å². The molecule has 0 spiro atoms. The average molecular weight is 373 g/mol. The van der Waals surface area contributed by atoms with E-state index in [1.807, 2.05) is 61.5 Å². The zero-order valence-electron chi connectivity index (χ0n) is 16.1. The van der Waals surface area contributed by atoms with E-state index in [-0.39, 0.29) is 18.1 Å². The van der Waals surface area contributed by atoms with Crippen molar-refractivity contribution in [3.05, 3.63) is 107 Å². The fourth-order valence-electron chi connectivity index (χ4n) is 2.89. The number of benzene rings is 3. The van der Waals surface area contributed by atoms with E-state index in [1.165, 1.54) is 0 Å². The topological polar surface area (TPSA) is 46.6 Å². The Labute approximate surface area is 165 Å². The van der Waals surface area contributed by atoms with E-state index in [9.17, 15) is 9.59 Å². The van der Waals surface area contributed by atoms with E-state index >= 15 is 0 Å². The van der Waals surface area contributed by atoms with Gasteiger partial charge in [-0.2, -0.15) is 0 Å². The molecule has 3 rings (SSSR count). The Morgan fingerprint density at radius 2 is 1.39 bits per heavy atom. The molecule has 0 aliphatic heterocycles. The standard InChI is InChI=1S/C24H23NO3/c1-18-12-14-20(15-13-18)17-28-24(27)22-11-7-6-10-21(22)23(26)25(2)16-19-8-4-3-5-9-19/h3-15H,16-17H2,1-2H3. The number of amides is 1. The van der Waals surface area contributed by atoms with Crippen LogP contribution in [0, 0.1) is 6.92 Å². The summed E-state index contributed by atoms with van der Waals surface area (Å²) in [5.41, 5.74) is 3.70. The van der Waals surface area contributed by atoms with Gasteiger partial charge in [0.15, 0.2) is 0 Å². The number of carbonyl (C=O) groups excluding carboxylic acids is 2. The number of ether oxygens (including phenoxy) is 1. The largest absolute Gasteiger partial charge is 0.457 e. The maximum Gasteiger partial charge on any atom is 0.339 e. The molecule has 142 valence electrons. The molecule has 0 N–H and O–H groups in total. The van der Waals surface area contributed by atoms with Crippen molar-refractivity contribution >= 4 is 11.9 Å². The van der Waals surface area contributed by atoms with Crippen LogP contribution in [-0.4, -0.2) is 23.8 Å². The molecule has 28 heavy (non-hydrogen) atoms. The molecule has 0 saturated carbocycles. The number of hydrogen-bond donors (Lipinski definition) is 0. The molecule has 0 aromatic heterocycles. The molecule has 0 aliphatic carbocycles. The van der Waals surface area contributed by atoms with E-state index in [2.05, 4.69) is 0 Å². The highest BCUT2D eigenvalue weighted by Crippen LogP contribution is 2.16. The number of carbonyl (C=O) groups is 2. The van der Waals surface area contributed by atoms with Gasteiger partial charge >= 0.3 is 5.97 Å². The van der Waals surface area contributed by atoms with Gasteiger partial charge < -0.3 is 9.64 Å². The van der Waals surface area contributed by atoms with Crippen LogP contribution in [0.25, 0.3) is 0 Å². The van der Waals surface area contributed by atoms with Gasteiger partial charge in [0.05, 0.1) is 11.1 Å². The van der Waals surface area contributed by atoms with Crippen LogP contribution in [0.3, 0.4) is 0 Å². The van der Waals surface area contributed by atoms with Crippen LogP contribution in [0.4, 0.5) is 0 Å². The Bertz CT molecular complexity index is 949. The van der Waals surface area contributed by atoms with Crippen LogP contribution in [0.1, 0.15) is 37.4 Å². The molecule has 0 aliphatic rings. The van der Waals surface area contributed by atoms with E-state index in [4.69, 9.17) is 4.74 Å². The quantitative estimate of drug-likeness (QED) is 0.592. The molecule has 0 bridgehead atoms. The number of rotatable bonds is 6. The molecule has 0 unspecified atom stereocenters. The second kappa shape index (κ2) is 9.00. The average Bonchev–Trinajstić information content (AvgIpc) is 2.73. The summed E-state index contributed by atoms with van der Waals surface area (Å²) in [6.07, 6.45) is 0. The molecular formula is C24H23NO3. The maximum atomic E-state index is 12.9. The summed E-state index contributed by atoms with van der Waals surface area (Å²) in [4.78, 5) is 27.1. The molecule has 4 heteroatoms. The minimum Gasteiger partial charge on any atom is -0.457 e. The zero-order valence-corrected chi connectivity index (χ0v) is 16.1. The molecule has 0 atom stereocenters. The van der Waals surface area contributed by atoms with E-state index in [0.717, 1.165) is 16.7 Å². The summed E-state index contributed by atoms with van der Waals surface area (Å²) in [6.45, 7) is 2.64. The lowest BCUT2D eigenvalue weighted by atomic mass is 10.1. The van der Waals surface area contributed by atoms with Gasteiger partial charge in [-0.25, -0.2) is 4.79 Å². The van der Waals surface area contributed by atoms with E-state index in [1.54, 1.807) is 36.2 Å². The summed E-state index contributed by atoms with van der Waals surface area (Å²) in [6, 6.07) is 24.3. The van der Waals surface area contributed by atoms with Crippen molar-refractivity contribution in [3.8, 4) is 0 Å². The van der Waals surface area contributed by atoms with Crippen molar-refractivity contribution in [3.63, 3.8) is 0 Å². The Kier molecular flexibility index (Phi) is 6.22. The predicted molar refractivity (Wildman–Crippen MR) is 109 cm³/mol. The molecule has 1 amide bonds. The van der Waals surface area contributed by atoms with Crippen LogP contribution in [0.2, 0.25) is 0 Å². The first-order valence-electron chi connectivity index (χ1n) is 9.15. The van der Waals surface area contributed by atoms with Crippen LogP contribution >= 0.6 is 0 Å². The van der Waals surface area contributed by atoms with Crippen LogP contribution in [0.15, 0.2) is 78.9 Å². The summed E-state index contributed by atoms with van der Waals surface area (Å²) < 4.78 is 5.43. The van der Waals surface area contributed by atoms with Gasteiger partial charge in [0, 0.05) is 13.6 Å². The van der Waals surface area contributed by atoms with Gasteiger partial charge in [0.25, 0.3) is 5.91 Å². The van der Waals surface area contributed by atoms with Crippen molar-refractivity contribution in [1.82, 2.24) is 4.90 Å². The molecule has 0 saturated heterocycles. The summed E-state index contributed by atoms with van der Waals surface area (Å²) in [5, 5.41) is 0. The Hall–Kier alpha value is -3.40. The molecule has 0 fully saturated rings. The third-order valence-electron chi connectivity index (χ3n) is 4.48. The number of esters is 1. The van der Waals surface area contributed by atoms with Crippen LogP contribution < -0.4 is 0 Å². The van der Waals surface area contributed by atoms with Gasteiger partial charge in [-0.3, -0.25) is 4.79 Å². The Morgan fingerprint density at radius 3 is 2.07 bits per heavy atom. The van der Waals surface area contributed by atoms with Gasteiger partial charge in [0.1, 0.15) is 6.61 Å². The third kappa shape index (κ3) is 4.86. The molecule has 4 nitrogen and oxygen atoms in total. The smallest absolute Gasteiger partial charge is 0.339 e. The first kappa shape index (κ1) is 19.4. The van der Waals surface area contributed by atoms with Crippen molar-refractivity contribution in [1.29, 1.82) is 0 Å². The predicted octanol–water partition coefficient (Wildman–Crippen LogP) is 4.62. The van der Waals surface area contributed by atoms with Gasteiger partial charge in [0.2, 0.25) is 0 Å². The summed E-state index contributed by atoms with van der Waals surface area (Å²) in [5.74, 6) is -0.718. The molecule has 0 radical (unpaired) electrons. The first-order valence-corrected chi connectivity index (χ1v) is 9.15. The second-order valence-electron chi connectivity index (χ2n) is 6.75. The van der Waals surface area contributed by atoms with Crippen LogP contribution in [-0.2, 0) is 17.9 Å². The highest BCUT2D eigenvalue weighted by Gasteiger charge is 2.20. The Morgan fingerprint density at radius 1 is 0.786 bits per heavy atom. The van der Waals surface area contributed by atoms with E-state index in [0.29, 0.717) is 12.1 Å². The highest BCUT2D eigenvalue weighted by atomic mass is 16.5. The SMILES string of the molecule is Cc1ccc(COC(=O)c2ccccc2C(=O)N(C)Cc2ccccc2)cc1. The van der Waals surface area contributed by atoms with Crippen molar-refractivity contribution in [2.75, 3.05) is 7.05 Å². The minimum absolute atomic E-state index is 0.168. The molecule has 3 aromatic rings. The second-order valence-corrected chi connectivity index (χ2v) is 6.75. The lowest BCUT2D eigenvalue weighted by Crippen LogP contribution is -2.28. The van der Waals surface area contributed by atoms with Crippen LogP contribution in [0.5, 0.6) is 0 Å². The lowest BCUT2D eigenvalue weighted by molar-refractivity contribution is 0.0467. The fraction of sp³-hybridized carbons (Fsp3) is 0.167. The normalized spacial score (nSPS) is 10.4. The summed E-state index contributed by atoms with van der Waals surface area (Å²) >= 11 is 0. The minimum atomic E-state index is -0.502. The maximum absolute atomic E-state index is 12.9. The van der Waals surface area contributed by atoms with Gasteiger partial charge in [-0.1, -0.05) is 72.3 Å². The number of nitrogens with zero attached hydrogens (tertiary/aromatic N) is 1. The number of aryl methyl sites for hydroxylation is 1. The molecule has 3 aromatic carbocycles. The third-order valence-corrected chi connectivity index (χ3v) is 4.48. The molecular weight excluding hydrogens is 350 g/mol. The summed E-state index contributed by atoms with van der Waals surface area (Å²) in [7, 11) is 1.73. The number of hydrogen-bond acceptors (Lipinski definition) is 3.